The Labute approximate surface area is 81.4 Å². The number of nitrogens with one attached hydrogen (secondary N) is 1. The van der Waals surface area contributed by atoms with Crippen LogP contribution >= 0.6 is 0 Å². The Bertz CT molecular complexity index is 483. The number of benzene rings is 1. The highest BCUT2D eigenvalue weighted by molar-refractivity contribution is 5.91. The van der Waals surface area contributed by atoms with Crippen LogP contribution < -0.4 is 0 Å². The molecule has 3 heteroatoms. The normalized spacial score (nSPS) is 12.0. The molecule has 0 bridgehead atoms. The quantitative estimate of drug-likeness (QED) is 0.422. The Hall–Kier alpha value is -2.03. The zero-order valence-corrected chi connectivity index (χ0v) is 7.51. The first-order valence-corrected chi connectivity index (χ1v) is 4.32. The fourth-order valence-corrected chi connectivity index (χ4v) is 1.42. The number of rotatable bonds is 2. The van der Waals surface area contributed by atoms with Crippen LogP contribution in [0, 0.1) is 0 Å². The molecular formula is C11H10N2O. The van der Waals surface area contributed by atoms with Crippen LogP contribution in [-0.4, -0.2) is 16.4 Å². The summed E-state index contributed by atoms with van der Waals surface area (Å²) in [7, 11) is 0. The summed E-state index contributed by atoms with van der Waals surface area (Å²) in [5.74, 6) is 0. The number of oxime groups is 1. The summed E-state index contributed by atoms with van der Waals surface area (Å²) in [6.45, 7) is 0. The van der Waals surface area contributed by atoms with Crippen LogP contribution in [0.25, 0.3) is 17.0 Å². The molecule has 1 aromatic carbocycles. The standard InChI is InChI=1S/C11H10N2O/c14-13-7-3-4-9-8-12-11-6-2-1-5-10(9)11/h1-8,12,14H. The first-order valence-electron chi connectivity index (χ1n) is 4.32. The molecule has 0 atom stereocenters. The van der Waals surface area contributed by atoms with Gasteiger partial charge in [0.25, 0.3) is 0 Å². The van der Waals surface area contributed by atoms with Crippen LogP contribution in [-0.2, 0) is 0 Å². The van der Waals surface area contributed by atoms with E-state index in [4.69, 9.17) is 5.21 Å². The molecule has 2 aromatic rings. The summed E-state index contributed by atoms with van der Waals surface area (Å²) in [4.78, 5) is 3.16. The van der Waals surface area contributed by atoms with Crippen molar-refractivity contribution in [1.29, 1.82) is 0 Å². The zero-order chi connectivity index (χ0) is 9.80. The second-order valence-corrected chi connectivity index (χ2v) is 2.91. The highest BCUT2D eigenvalue weighted by Crippen LogP contribution is 2.18. The number of allylic oxidation sites excluding steroid dienone is 1. The van der Waals surface area contributed by atoms with Gasteiger partial charge < -0.3 is 10.2 Å². The molecule has 1 aromatic heterocycles. The summed E-state index contributed by atoms with van der Waals surface area (Å²) in [6.07, 6.45) is 6.84. The van der Waals surface area contributed by atoms with Crippen LogP contribution in [0.1, 0.15) is 5.56 Å². The van der Waals surface area contributed by atoms with E-state index in [1.165, 1.54) is 6.21 Å². The largest absolute Gasteiger partial charge is 0.411 e. The molecular weight excluding hydrogens is 176 g/mol. The molecule has 0 saturated carbocycles. The van der Waals surface area contributed by atoms with Crippen LogP contribution in [0.4, 0.5) is 0 Å². The van der Waals surface area contributed by atoms with Crippen LogP contribution in [0.5, 0.6) is 0 Å². The summed E-state index contributed by atoms with van der Waals surface area (Å²) < 4.78 is 0. The van der Waals surface area contributed by atoms with Crippen LogP contribution in [0.15, 0.2) is 41.7 Å². The lowest BCUT2D eigenvalue weighted by Crippen LogP contribution is -1.68. The average Bonchev–Trinajstić information content (AvgIpc) is 2.63. The number of aromatic amines is 1. The Morgan fingerprint density at radius 2 is 2.14 bits per heavy atom. The third-order valence-corrected chi connectivity index (χ3v) is 2.05. The number of hydrogen-bond acceptors (Lipinski definition) is 2. The first-order chi connectivity index (χ1) is 6.92. The van der Waals surface area contributed by atoms with Crippen molar-refractivity contribution < 1.29 is 5.21 Å². The molecule has 0 unspecified atom stereocenters. The SMILES string of the molecule is ON=CC=Cc1c[nH]c2ccccc12. The van der Waals surface area contributed by atoms with Gasteiger partial charge >= 0.3 is 0 Å². The maximum atomic E-state index is 8.22. The second-order valence-electron chi connectivity index (χ2n) is 2.91. The molecule has 0 spiro atoms. The van der Waals surface area contributed by atoms with E-state index in [9.17, 15) is 0 Å². The molecule has 0 amide bonds. The molecule has 0 aliphatic rings. The number of fused-ring (bicyclic) bond motifs is 1. The van der Waals surface area contributed by atoms with E-state index in [1.807, 2.05) is 36.5 Å². The van der Waals surface area contributed by atoms with Gasteiger partial charge in [-0.2, -0.15) is 0 Å². The summed E-state index contributed by atoms with van der Waals surface area (Å²) in [6, 6.07) is 8.05. The first kappa shape index (κ1) is 8.56. The molecule has 2 rings (SSSR count). The number of aromatic nitrogens is 1. The van der Waals surface area contributed by atoms with Gasteiger partial charge in [0, 0.05) is 17.1 Å². The van der Waals surface area contributed by atoms with Crippen molar-refractivity contribution in [2.24, 2.45) is 5.16 Å². The maximum absolute atomic E-state index is 8.22. The maximum Gasteiger partial charge on any atom is 0.0661 e. The minimum absolute atomic E-state index is 1.08. The summed E-state index contributed by atoms with van der Waals surface area (Å²) in [5.41, 5.74) is 2.19. The van der Waals surface area contributed by atoms with Crippen molar-refractivity contribution in [3.63, 3.8) is 0 Å². The number of nitrogens with zero attached hydrogens (tertiary/aromatic N) is 1. The van der Waals surface area contributed by atoms with Gasteiger partial charge in [-0.3, -0.25) is 0 Å². The monoisotopic (exact) mass is 186 g/mol. The second kappa shape index (κ2) is 3.79. The molecule has 0 aliphatic carbocycles. The van der Waals surface area contributed by atoms with Crippen molar-refractivity contribution in [2.75, 3.05) is 0 Å². The lowest BCUT2D eigenvalue weighted by molar-refractivity contribution is 0.322. The van der Waals surface area contributed by atoms with E-state index in [0.717, 1.165) is 16.5 Å². The fourth-order valence-electron chi connectivity index (χ4n) is 1.42. The fraction of sp³-hybridized carbons (Fsp3) is 0. The molecule has 0 aliphatic heterocycles. The van der Waals surface area contributed by atoms with Crippen molar-refractivity contribution in [3.8, 4) is 0 Å². The van der Waals surface area contributed by atoms with Gasteiger partial charge in [-0.25, -0.2) is 0 Å². The van der Waals surface area contributed by atoms with Gasteiger partial charge in [-0.15, -0.1) is 0 Å². The van der Waals surface area contributed by atoms with Gasteiger partial charge in [-0.1, -0.05) is 29.4 Å². The molecule has 0 radical (unpaired) electrons. The Balaban J connectivity index is 2.43. The average molecular weight is 186 g/mol. The number of hydrogen-bond donors (Lipinski definition) is 2. The van der Waals surface area contributed by atoms with Crippen LogP contribution in [0.3, 0.4) is 0 Å². The third-order valence-electron chi connectivity index (χ3n) is 2.05. The van der Waals surface area contributed by atoms with Gasteiger partial charge in [0.2, 0.25) is 0 Å². The minimum atomic E-state index is 1.08. The zero-order valence-electron chi connectivity index (χ0n) is 7.51. The highest BCUT2D eigenvalue weighted by atomic mass is 16.4. The van der Waals surface area contributed by atoms with Gasteiger partial charge in [-0.05, 0) is 17.7 Å². The molecule has 14 heavy (non-hydrogen) atoms. The van der Waals surface area contributed by atoms with E-state index in [-0.39, 0.29) is 0 Å². The van der Waals surface area contributed by atoms with Gasteiger partial charge in [0.05, 0.1) is 6.21 Å². The predicted octanol–water partition coefficient (Wildman–Crippen LogP) is 2.64. The summed E-state index contributed by atoms with van der Waals surface area (Å²) in [5, 5.41) is 12.3. The number of H-pyrrole nitrogens is 1. The molecule has 70 valence electrons. The topological polar surface area (TPSA) is 48.4 Å². The van der Waals surface area contributed by atoms with Gasteiger partial charge in [0.1, 0.15) is 0 Å². The van der Waals surface area contributed by atoms with Crippen molar-refractivity contribution in [3.05, 3.63) is 42.1 Å². The summed E-state index contributed by atoms with van der Waals surface area (Å²) >= 11 is 0. The van der Waals surface area contributed by atoms with E-state index < -0.39 is 0 Å². The highest BCUT2D eigenvalue weighted by Gasteiger charge is 1.97. The van der Waals surface area contributed by atoms with E-state index in [0.29, 0.717) is 0 Å². The Kier molecular flexibility index (Phi) is 2.32. The molecule has 3 nitrogen and oxygen atoms in total. The van der Waals surface area contributed by atoms with E-state index in [1.54, 1.807) is 6.08 Å². The smallest absolute Gasteiger partial charge is 0.0661 e. The molecule has 0 saturated heterocycles. The van der Waals surface area contributed by atoms with Crippen molar-refractivity contribution in [2.45, 2.75) is 0 Å². The molecule has 0 fully saturated rings. The Morgan fingerprint density at radius 1 is 1.29 bits per heavy atom. The van der Waals surface area contributed by atoms with E-state index in [2.05, 4.69) is 10.1 Å². The number of para-hydroxylation sites is 1. The van der Waals surface area contributed by atoms with Gasteiger partial charge in [0.15, 0.2) is 0 Å². The minimum Gasteiger partial charge on any atom is -0.411 e. The molecule has 1 heterocycles. The predicted molar refractivity (Wildman–Crippen MR) is 57.6 cm³/mol. The van der Waals surface area contributed by atoms with Crippen molar-refractivity contribution in [1.82, 2.24) is 4.98 Å². The molecule has 2 N–H and O–H groups in total. The van der Waals surface area contributed by atoms with Crippen molar-refractivity contribution >= 4 is 23.2 Å². The lowest BCUT2D eigenvalue weighted by Gasteiger charge is -1.89. The third kappa shape index (κ3) is 1.52. The lowest BCUT2D eigenvalue weighted by atomic mass is 10.2. The van der Waals surface area contributed by atoms with Crippen LogP contribution in [0.2, 0.25) is 0 Å². The van der Waals surface area contributed by atoms with E-state index >= 15 is 0 Å². The Morgan fingerprint density at radius 3 is 3.00 bits per heavy atom.